The molecule has 102 valence electrons. The van der Waals surface area contributed by atoms with E-state index in [1.165, 1.54) is 6.08 Å². The van der Waals surface area contributed by atoms with Gasteiger partial charge in [0.1, 0.15) is 5.75 Å². The summed E-state index contributed by atoms with van der Waals surface area (Å²) < 4.78 is 9.57. The third-order valence-electron chi connectivity index (χ3n) is 1.71. The molecule has 0 aliphatic rings. The molecule has 0 spiro atoms. The summed E-state index contributed by atoms with van der Waals surface area (Å²) in [5.74, 6) is -0.540. The van der Waals surface area contributed by atoms with Crippen molar-refractivity contribution in [3.05, 3.63) is 48.7 Å². The number of aliphatic carboxylic acids is 1. The molecule has 1 rings (SSSR count). The maximum Gasteiger partial charge on any atom is 0.335 e. The smallest absolute Gasteiger partial charge is 0.335 e. The van der Waals surface area contributed by atoms with Gasteiger partial charge in [0.2, 0.25) is 0 Å². The molecule has 0 fully saturated rings. The van der Waals surface area contributed by atoms with Crippen LogP contribution in [0.4, 0.5) is 0 Å². The number of rotatable bonds is 4. The number of benzene rings is 1. The van der Waals surface area contributed by atoms with E-state index in [0.717, 1.165) is 24.5 Å². The first-order valence-electron chi connectivity index (χ1n) is 5.32. The van der Waals surface area contributed by atoms with Crippen LogP contribution in [0.5, 0.6) is 5.75 Å². The van der Waals surface area contributed by atoms with Crippen LogP contribution in [0.25, 0.3) is 6.08 Å². The van der Waals surface area contributed by atoms with Crippen molar-refractivity contribution < 1.29 is 24.2 Å². The van der Waals surface area contributed by atoms with Crippen molar-refractivity contribution >= 4 is 18.0 Å². The average molecular weight is 264 g/mol. The fraction of sp³-hybridized carbons (Fsp3) is 0.143. The number of methoxy groups -OCH3 is 1. The van der Waals surface area contributed by atoms with Crippen LogP contribution in [0.3, 0.4) is 0 Å². The summed E-state index contributed by atoms with van der Waals surface area (Å²) in [6.07, 6.45) is 4.07. The SMILES string of the molecule is C=COC(=O)/C=C/c1cccc(OC)c1.CC(=O)O. The van der Waals surface area contributed by atoms with E-state index in [4.69, 9.17) is 14.6 Å². The van der Waals surface area contributed by atoms with E-state index < -0.39 is 11.9 Å². The Hall–Kier alpha value is -2.56. The van der Waals surface area contributed by atoms with Gasteiger partial charge in [0.25, 0.3) is 5.97 Å². The Kier molecular flexibility index (Phi) is 8.19. The van der Waals surface area contributed by atoms with Crippen LogP contribution in [0.2, 0.25) is 0 Å². The second-order valence-corrected chi connectivity index (χ2v) is 3.23. The van der Waals surface area contributed by atoms with Crippen molar-refractivity contribution in [2.24, 2.45) is 0 Å². The molecule has 0 aliphatic heterocycles. The molecule has 0 unspecified atom stereocenters. The molecular formula is C14H16O5. The van der Waals surface area contributed by atoms with E-state index in [-0.39, 0.29) is 0 Å². The van der Waals surface area contributed by atoms with Crippen LogP contribution >= 0.6 is 0 Å². The largest absolute Gasteiger partial charge is 0.497 e. The quantitative estimate of drug-likeness (QED) is 0.514. The van der Waals surface area contributed by atoms with Gasteiger partial charge >= 0.3 is 5.97 Å². The van der Waals surface area contributed by atoms with Crippen molar-refractivity contribution in [1.82, 2.24) is 0 Å². The monoisotopic (exact) mass is 264 g/mol. The molecule has 0 saturated carbocycles. The molecule has 19 heavy (non-hydrogen) atoms. The van der Waals surface area contributed by atoms with E-state index in [1.54, 1.807) is 13.2 Å². The molecule has 1 N–H and O–H groups in total. The van der Waals surface area contributed by atoms with Gasteiger partial charge < -0.3 is 14.6 Å². The van der Waals surface area contributed by atoms with E-state index in [9.17, 15) is 4.79 Å². The third kappa shape index (κ3) is 9.17. The first-order valence-corrected chi connectivity index (χ1v) is 5.32. The molecule has 0 aromatic heterocycles. The Morgan fingerprint density at radius 2 is 2.00 bits per heavy atom. The maximum atomic E-state index is 11.0. The second kappa shape index (κ2) is 9.47. The topological polar surface area (TPSA) is 72.8 Å². The summed E-state index contributed by atoms with van der Waals surface area (Å²) in [7, 11) is 1.59. The summed E-state index contributed by atoms with van der Waals surface area (Å²) in [5.41, 5.74) is 0.871. The minimum atomic E-state index is -0.833. The number of carbonyl (C=O) groups excluding carboxylic acids is 1. The Balaban J connectivity index is 0.000000711. The van der Waals surface area contributed by atoms with Crippen molar-refractivity contribution in [3.63, 3.8) is 0 Å². The number of carbonyl (C=O) groups is 2. The van der Waals surface area contributed by atoms with Crippen molar-refractivity contribution in [3.8, 4) is 5.75 Å². The van der Waals surface area contributed by atoms with Crippen molar-refractivity contribution in [1.29, 1.82) is 0 Å². The minimum Gasteiger partial charge on any atom is -0.497 e. The lowest BCUT2D eigenvalue weighted by Gasteiger charge is -1.99. The van der Waals surface area contributed by atoms with Gasteiger partial charge in [0.05, 0.1) is 13.4 Å². The van der Waals surface area contributed by atoms with Gasteiger partial charge in [-0.25, -0.2) is 4.79 Å². The fourth-order valence-electron chi connectivity index (χ4n) is 1.03. The summed E-state index contributed by atoms with van der Waals surface area (Å²) in [6.45, 7) is 4.37. The number of hydrogen-bond donors (Lipinski definition) is 1. The number of ether oxygens (including phenoxy) is 2. The first-order chi connectivity index (χ1) is 8.99. The van der Waals surface area contributed by atoms with Crippen LogP contribution in [-0.4, -0.2) is 24.2 Å². The summed E-state index contributed by atoms with van der Waals surface area (Å²) in [4.78, 5) is 20.0. The molecule has 1 aromatic carbocycles. The van der Waals surface area contributed by atoms with Crippen LogP contribution in [0.15, 0.2) is 43.2 Å². The third-order valence-corrected chi connectivity index (χ3v) is 1.71. The van der Waals surface area contributed by atoms with Crippen LogP contribution in [-0.2, 0) is 14.3 Å². The zero-order valence-electron chi connectivity index (χ0n) is 10.8. The van der Waals surface area contributed by atoms with Gasteiger partial charge in [-0.1, -0.05) is 18.7 Å². The number of esters is 1. The Labute approximate surface area is 111 Å². The summed E-state index contributed by atoms with van der Waals surface area (Å²) >= 11 is 0. The Morgan fingerprint density at radius 3 is 2.53 bits per heavy atom. The maximum absolute atomic E-state index is 11.0. The minimum absolute atomic E-state index is 0.451. The highest BCUT2D eigenvalue weighted by Crippen LogP contribution is 2.13. The van der Waals surface area contributed by atoms with Crippen LogP contribution in [0.1, 0.15) is 12.5 Å². The fourth-order valence-corrected chi connectivity index (χ4v) is 1.03. The van der Waals surface area contributed by atoms with Gasteiger partial charge in [-0.3, -0.25) is 4.79 Å². The van der Waals surface area contributed by atoms with E-state index in [2.05, 4.69) is 11.3 Å². The van der Waals surface area contributed by atoms with Gasteiger partial charge in [-0.2, -0.15) is 0 Å². The molecule has 0 atom stereocenters. The van der Waals surface area contributed by atoms with Crippen LogP contribution < -0.4 is 4.74 Å². The van der Waals surface area contributed by atoms with Crippen LogP contribution in [0, 0.1) is 0 Å². The summed E-state index contributed by atoms with van der Waals surface area (Å²) in [6, 6.07) is 7.36. The lowest BCUT2D eigenvalue weighted by molar-refractivity contribution is -0.134. The molecular weight excluding hydrogens is 248 g/mol. The molecule has 0 radical (unpaired) electrons. The Morgan fingerprint density at radius 1 is 1.37 bits per heavy atom. The standard InChI is InChI=1S/C12H12O3.C2H4O2/c1-3-15-12(13)8-7-10-5-4-6-11(9-10)14-2;1-2(3)4/h3-9H,1H2,2H3;1H3,(H,3,4)/b8-7+;. The highest BCUT2D eigenvalue weighted by atomic mass is 16.5. The zero-order chi connectivity index (χ0) is 14.7. The number of hydrogen-bond acceptors (Lipinski definition) is 4. The molecule has 0 aliphatic carbocycles. The predicted octanol–water partition coefficient (Wildman–Crippen LogP) is 2.49. The molecule has 0 heterocycles. The van der Waals surface area contributed by atoms with Gasteiger partial charge in [0, 0.05) is 13.0 Å². The highest BCUT2D eigenvalue weighted by Gasteiger charge is 1.94. The first kappa shape index (κ1) is 16.4. The number of carboxylic acids is 1. The van der Waals surface area contributed by atoms with E-state index in [1.807, 2.05) is 24.3 Å². The van der Waals surface area contributed by atoms with E-state index >= 15 is 0 Å². The Bertz CT molecular complexity index is 459. The number of carboxylic acid groups (broad SMARTS) is 1. The van der Waals surface area contributed by atoms with E-state index in [0.29, 0.717) is 0 Å². The van der Waals surface area contributed by atoms with Gasteiger partial charge in [0.15, 0.2) is 0 Å². The molecule has 5 nitrogen and oxygen atoms in total. The van der Waals surface area contributed by atoms with Crippen molar-refractivity contribution in [2.75, 3.05) is 7.11 Å². The zero-order valence-corrected chi connectivity index (χ0v) is 10.8. The predicted molar refractivity (Wildman–Crippen MR) is 71.6 cm³/mol. The lowest BCUT2D eigenvalue weighted by atomic mass is 10.2. The lowest BCUT2D eigenvalue weighted by Crippen LogP contribution is -1.92. The molecule has 5 heteroatoms. The van der Waals surface area contributed by atoms with Gasteiger partial charge in [-0.15, -0.1) is 0 Å². The summed E-state index contributed by atoms with van der Waals surface area (Å²) in [5, 5.41) is 7.42. The molecule has 0 saturated heterocycles. The van der Waals surface area contributed by atoms with Gasteiger partial charge in [-0.05, 0) is 23.8 Å². The molecule has 0 bridgehead atoms. The second-order valence-electron chi connectivity index (χ2n) is 3.23. The molecule has 1 aromatic rings. The highest BCUT2D eigenvalue weighted by molar-refractivity contribution is 5.87. The van der Waals surface area contributed by atoms with Crippen molar-refractivity contribution in [2.45, 2.75) is 6.92 Å². The normalized spacial score (nSPS) is 9.16. The molecule has 0 amide bonds. The average Bonchev–Trinajstić information content (AvgIpc) is 2.36.